The van der Waals surface area contributed by atoms with Crippen LogP contribution in [0.3, 0.4) is 0 Å². The van der Waals surface area contributed by atoms with Crippen molar-refractivity contribution in [3.8, 4) is 11.1 Å². The second-order valence-electron chi connectivity index (χ2n) is 11.9. The lowest BCUT2D eigenvalue weighted by Crippen LogP contribution is -2.05. The highest BCUT2D eigenvalue weighted by Crippen LogP contribution is 2.35. The molecule has 0 heterocycles. The third-order valence-corrected chi connectivity index (χ3v) is 9.05. The summed E-state index contributed by atoms with van der Waals surface area (Å²) in [5, 5.41) is 0. The number of benzene rings is 2. The molecule has 2 unspecified atom stereocenters. The van der Waals surface area contributed by atoms with Crippen molar-refractivity contribution in [1.82, 2.24) is 0 Å². The minimum Gasteiger partial charge on any atom is -0.0804 e. The van der Waals surface area contributed by atoms with E-state index in [1.807, 2.05) is 0 Å². The molecule has 4 rings (SSSR count). The lowest BCUT2D eigenvalue weighted by Gasteiger charge is -2.22. The number of rotatable bonds is 14. The molecule has 0 fully saturated rings. The molecule has 0 spiro atoms. The molecule has 2 aromatic rings. The van der Waals surface area contributed by atoms with Crippen LogP contribution >= 0.6 is 0 Å². The molecular weight excluding hydrogens is 444 g/mol. The molecule has 0 bridgehead atoms. The maximum Gasteiger partial charge on any atom is -0.0184 e. The highest BCUT2D eigenvalue weighted by Gasteiger charge is 2.16. The fraction of sp³-hybridized carbons (Fsp3) is 0.568. The first kappa shape index (κ1) is 27.9. The SMILES string of the molecule is CCCCCCCCCCC1CC=C(c2ccc(-c3ccc(C4=CCC(CCC)CC4)cc3)cc2)CC1. The van der Waals surface area contributed by atoms with Crippen molar-refractivity contribution in [2.24, 2.45) is 11.8 Å². The van der Waals surface area contributed by atoms with Gasteiger partial charge in [0, 0.05) is 0 Å². The van der Waals surface area contributed by atoms with Gasteiger partial charge in [-0.15, -0.1) is 0 Å². The van der Waals surface area contributed by atoms with Gasteiger partial charge in [0.15, 0.2) is 0 Å². The number of allylic oxidation sites excluding steroid dienone is 4. The monoisotopic (exact) mass is 496 g/mol. The van der Waals surface area contributed by atoms with E-state index in [0.29, 0.717) is 0 Å². The summed E-state index contributed by atoms with van der Waals surface area (Å²) in [7, 11) is 0. The van der Waals surface area contributed by atoms with E-state index in [9.17, 15) is 0 Å². The van der Waals surface area contributed by atoms with Crippen LogP contribution in [0.15, 0.2) is 60.7 Å². The molecule has 0 amide bonds. The molecule has 0 N–H and O–H groups in total. The standard InChI is InChI=1S/C37H52/c1-3-5-6-7-8-9-10-11-13-31-16-20-33(21-17-31)35-24-28-37(29-25-35)36-26-22-34(23-27-36)32-18-14-30(12-4-2)15-19-32/h18,20,22-31H,3-17,19,21H2,1-2H3. The average molecular weight is 497 g/mol. The van der Waals surface area contributed by atoms with E-state index in [0.717, 1.165) is 11.8 Å². The van der Waals surface area contributed by atoms with Gasteiger partial charge in [-0.2, -0.15) is 0 Å². The fourth-order valence-electron chi connectivity index (χ4n) is 6.55. The van der Waals surface area contributed by atoms with E-state index >= 15 is 0 Å². The summed E-state index contributed by atoms with van der Waals surface area (Å²) in [6.45, 7) is 4.61. The summed E-state index contributed by atoms with van der Waals surface area (Å²) >= 11 is 0. The molecule has 2 aliphatic carbocycles. The topological polar surface area (TPSA) is 0 Å². The van der Waals surface area contributed by atoms with E-state index in [4.69, 9.17) is 0 Å². The minimum absolute atomic E-state index is 0.909. The molecule has 0 aliphatic heterocycles. The Labute approximate surface area is 228 Å². The first-order valence-electron chi connectivity index (χ1n) is 15.9. The summed E-state index contributed by atoms with van der Waals surface area (Å²) in [6, 6.07) is 18.7. The number of unbranched alkanes of at least 4 members (excludes halogenated alkanes) is 7. The van der Waals surface area contributed by atoms with Gasteiger partial charge < -0.3 is 0 Å². The lowest BCUT2D eigenvalue weighted by molar-refractivity contribution is 0.422. The predicted molar refractivity (Wildman–Crippen MR) is 165 cm³/mol. The van der Waals surface area contributed by atoms with Crippen LogP contribution in [0.25, 0.3) is 22.3 Å². The Morgan fingerprint density at radius 3 is 1.35 bits per heavy atom. The Kier molecular flexibility index (Phi) is 11.6. The van der Waals surface area contributed by atoms with Crippen molar-refractivity contribution in [1.29, 1.82) is 0 Å². The Balaban J connectivity index is 1.22. The summed E-state index contributed by atoms with van der Waals surface area (Å²) in [5.41, 5.74) is 8.64. The maximum absolute atomic E-state index is 2.55. The van der Waals surface area contributed by atoms with E-state index in [1.54, 1.807) is 11.1 Å². The Morgan fingerprint density at radius 1 is 0.486 bits per heavy atom. The molecular formula is C37H52. The molecule has 200 valence electrons. The van der Waals surface area contributed by atoms with Gasteiger partial charge in [-0.25, -0.2) is 0 Å². The van der Waals surface area contributed by atoms with Gasteiger partial charge in [-0.3, -0.25) is 0 Å². The highest BCUT2D eigenvalue weighted by atomic mass is 14.2. The first-order chi connectivity index (χ1) is 18.3. The molecule has 0 aromatic heterocycles. The van der Waals surface area contributed by atoms with Crippen LogP contribution in [0.2, 0.25) is 0 Å². The van der Waals surface area contributed by atoms with Crippen molar-refractivity contribution >= 4 is 11.1 Å². The van der Waals surface area contributed by atoms with E-state index < -0.39 is 0 Å². The van der Waals surface area contributed by atoms with Gasteiger partial charge in [0.05, 0.1) is 0 Å². The molecule has 2 atom stereocenters. The van der Waals surface area contributed by atoms with Crippen LogP contribution in [0.5, 0.6) is 0 Å². The Bertz CT molecular complexity index is 972. The fourth-order valence-corrected chi connectivity index (χ4v) is 6.55. The van der Waals surface area contributed by atoms with E-state index in [2.05, 4.69) is 74.5 Å². The zero-order valence-electron chi connectivity index (χ0n) is 23.9. The van der Waals surface area contributed by atoms with Crippen molar-refractivity contribution < 1.29 is 0 Å². The largest absolute Gasteiger partial charge is 0.0804 e. The van der Waals surface area contributed by atoms with Crippen LogP contribution in [-0.4, -0.2) is 0 Å². The third kappa shape index (κ3) is 8.73. The van der Waals surface area contributed by atoms with Crippen molar-refractivity contribution in [2.45, 2.75) is 123 Å². The second kappa shape index (κ2) is 15.4. The van der Waals surface area contributed by atoms with Gasteiger partial charge in [0.25, 0.3) is 0 Å². The zero-order valence-corrected chi connectivity index (χ0v) is 23.9. The number of hydrogen-bond acceptors (Lipinski definition) is 0. The molecule has 0 nitrogen and oxygen atoms in total. The summed E-state index contributed by atoms with van der Waals surface area (Å²) < 4.78 is 0. The van der Waals surface area contributed by atoms with Crippen LogP contribution in [0.1, 0.15) is 134 Å². The summed E-state index contributed by atoms with van der Waals surface area (Å²) in [6.07, 6.45) is 28.4. The van der Waals surface area contributed by atoms with Crippen molar-refractivity contribution in [2.75, 3.05) is 0 Å². The number of hydrogen-bond donors (Lipinski definition) is 0. The molecule has 0 heteroatoms. The van der Waals surface area contributed by atoms with Gasteiger partial charge in [0.2, 0.25) is 0 Å². The third-order valence-electron chi connectivity index (χ3n) is 9.05. The molecule has 0 saturated heterocycles. The Hall–Kier alpha value is -2.08. The normalized spacial score (nSPS) is 19.9. The molecule has 0 radical (unpaired) electrons. The van der Waals surface area contributed by atoms with Crippen molar-refractivity contribution in [3.63, 3.8) is 0 Å². The summed E-state index contributed by atoms with van der Waals surface area (Å²) in [5.74, 6) is 1.82. The van der Waals surface area contributed by atoms with Gasteiger partial charge in [-0.1, -0.05) is 145 Å². The predicted octanol–water partition coefficient (Wildman–Crippen LogP) is 12.1. The van der Waals surface area contributed by atoms with Gasteiger partial charge in [0.1, 0.15) is 0 Å². The first-order valence-corrected chi connectivity index (χ1v) is 15.9. The smallest absolute Gasteiger partial charge is 0.0184 e. The average Bonchev–Trinajstić information content (AvgIpc) is 2.96. The van der Waals surface area contributed by atoms with E-state index in [1.165, 1.54) is 131 Å². The molecule has 37 heavy (non-hydrogen) atoms. The van der Waals surface area contributed by atoms with Crippen LogP contribution in [-0.2, 0) is 0 Å². The molecule has 2 aromatic carbocycles. The van der Waals surface area contributed by atoms with E-state index in [-0.39, 0.29) is 0 Å². The zero-order chi connectivity index (χ0) is 25.7. The highest BCUT2D eigenvalue weighted by molar-refractivity contribution is 5.73. The van der Waals surface area contributed by atoms with Gasteiger partial charge in [-0.05, 0) is 83.8 Å². The minimum atomic E-state index is 0.909. The Morgan fingerprint density at radius 2 is 0.919 bits per heavy atom. The van der Waals surface area contributed by atoms with Gasteiger partial charge >= 0.3 is 0 Å². The van der Waals surface area contributed by atoms with Crippen LogP contribution < -0.4 is 0 Å². The van der Waals surface area contributed by atoms with Crippen LogP contribution in [0, 0.1) is 11.8 Å². The van der Waals surface area contributed by atoms with Crippen LogP contribution in [0.4, 0.5) is 0 Å². The molecule has 0 saturated carbocycles. The summed E-state index contributed by atoms with van der Waals surface area (Å²) in [4.78, 5) is 0. The van der Waals surface area contributed by atoms with Crippen molar-refractivity contribution in [3.05, 3.63) is 71.8 Å². The second-order valence-corrected chi connectivity index (χ2v) is 11.9. The molecule has 2 aliphatic rings. The lowest BCUT2D eigenvalue weighted by atomic mass is 9.83. The quantitative estimate of drug-likeness (QED) is 0.228. The maximum atomic E-state index is 2.55.